The second-order valence-electron chi connectivity index (χ2n) is 4.42. The lowest BCUT2D eigenvalue weighted by molar-refractivity contribution is -0.124. The van der Waals surface area contributed by atoms with E-state index in [0.29, 0.717) is 26.3 Å². The predicted molar refractivity (Wildman–Crippen MR) is 77.3 cm³/mol. The Labute approximate surface area is 121 Å². The molecule has 104 valence electrons. The maximum Gasteiger partial charge on any atom is 0.245 e. The van der Waals surface area contributed by atoms with E-state index < -0.39 is 0 Å². The molecule has 1 N–H and O–H groups in total. The van der Waals surface area contributed by atoms with Gasteiger partial charge in [0.1, 0.15) is 11.9 Å². The number of morpholine rings is 1. The van der Waals surface area contributed by atoms with Crippen molar-refractivity contribution < 1.29 is 9.53 Å². The lowest BCUT2D eigenvalue weighted by atomic mass is 10.2. The number of carbonyl (C=O) groups excluding carboxylic acids is 1. The van der Waals surface area contributed by atoms with Gasteiger partial charge in [-0.3, -0.25) is 4.79 Å². The van der Waals surface area contributed by atoms with E-state index in [2.05, 4.69) is 26.2 Å². The van der Waals surface area contributed by atoms with Gasteiger partial charge >= 0.3 is 0 Å². The average molecular weight is 328 g/mol. The highest BCUT2D eigenvalue weighted by Gasteiger charge is 2.30. The fourth-order valence-electron chi connectivity index (χ4n) is 2.08. The molecule has 2 heterocycles. The number of nitrogens with zero attached hydrogens (tertiary/aromatic N) is 2. The summed E-state index contributed by atoms with van der Waals surface area (Å²) in [4.78, 5) is 18.6. The summed E-state index contributed by atoms with van der Waals surface area (Å²) in [6.45, 7) is 6.17. The molecule has 19 heavy (non-hydrogen) atoms. The Bertz CT molecular complexity index is 467. The molecule has 1 fully saturated rings. The summed E-state index contributed by atoms with van der Waals surface area (Å²) in [6.07, 6.45) is 0. The number of likely N-dealkylation sites (N-methyl/N-ethyl adjacent to an activating group) is 1. The number of halogens is 1. The molecule has 1 unspecified atom stereocenters. The minimum absolute atomic E-state index is 0.00966. The standard InChI is InChI=1S/C13H18BrN3O2/c1-3-15-13(18)11-8-19-7-6-17(11)12-5-4-10(14)9(2)16-12/h4-5,11H,3,6-8H2,1-2H3,(H,15,18). The molecule has 1 atom stereocenters. The van der Waals surface area contributed by atoms with Crippen LogP contribution in [-0.4, -0.2) is 43.2 Å². The number of pyridine rings is 1. The second-order valence-corrected chi connectivity index (χ2v) is 5.27. The van der Waals surface area contributed by atoms with E-state index in [1.54, 1.807) is 0 Å². The van der Waals surface area contributed by atoms with Crippen LogP contribution in [0.4, 0.5) is 5.82 Å². The first-order valence-electron chi connectivity index (χ1n) is 6.38. The van der Waals surface area contributed by atoms with Crippen molar-refractivity contribution in [3.63, 3.8) is 0 Å². The lowest BCUT2D eigenvalue weighted by Gasteiger charge is -2.35. The summed E-state index contributed by atoms with van der Waals surface area (Å²) in [5.74, 6) is 0.810. The molecule has 0 bridgehead atoms. The van der Waals surface area contributed by atoms with Gasteiger partial charge in [-0.15, -0.1) is 0 Å². The second kappa shape index (κ2) is 6.34. The average Bonchev–Trinajstić information content (AvgIpc) is 2.42. The quantitative estimate of drug-likeness (QED) is 0.914. The molecule has 0 spiro atoms. The van der Waals surface area contributed by atoms with Gasteiger partial charge in [0.05, 0.1) is 18.9 Å². The van der Waals surface area contributed by atoms with E-state index in [-0.39, 0.29) is 11.9 Å². The number of rotatable bonds is 3. The number of nitrogens with one attached hydrogen (secondary N) is 1. The van der Waals surface area contributed by atoms with E-state index in [0.717, 1.165) is 16.0 Å². The van der Waals surface area contributed by atoms with Crippen LogP contribution >= 0.6 is 15.9 Å². The van der Waals surface area contributed by atoms with Gasteiger partial charge in [0, 0.05) is 17.6 Å². The van der Waals surface area contributed by atoms with Crippen molar-refractivity contribution in [2.45, 2.75) is 19.9 Å². The summed E-state index contributed by atoms with van der Waals surface area (Å²) in [5.41, 5.74) is 0.915. The van der Waals surface area contributed by atoms with Crippen molar-refractivity contribution >= 4 is 27.7 Å². The van der Waals surface area contributed by atoms with Crippen LogP contribution in [0.3, 0.4) is 0 Å². The van der Waals surface area contributed by atoms with Crippen molar-refractivity contribution in [1.82, 2.24) is 10.3 Å². The van der Waals surface area contributed by atoms with Crippen LogP contribution in [0.2, 0.25) is 0 Å². The van der Waals surface area contributed by atoms with Crippen LogP contribution in [0.25, 0.3) is 0 Å². The summed E-state index contributed by atoms with van der Waals surface area (Å²) in [6, 6.07) is 3.58. The number of ether oxygens (including phenoxy) is 1. The number of hydrogen-bond acceptors (Lipinski definition) is 4. The van der Waals surface area contributed by atoms with Crippen molar-refractivity contribution in [2.75, 3.05) is 31.2 Å². The van der Waals surface area contributed by atoms with Gasteiger partial charge in [0.2, 0.25) is 5.91 Å². The summed E-state index contributed by atoms with van der Waals surface area (Å²) >= 11 is 3.44. The van der Waals surface area contributed by atoms with Crippen LogP contribution in [0, 0.1) is 6.92 Å². The number of carbonyl (C=O) groups is 1. The third kappa shape index (κ3) is 3.25. The van der Waals surface area contributed by atoms with Gasteiger partial charge in [0.15, 0.2) is 0 Å². The Morgan fingerprint density at radius 3 is 3.11 bits per heavy atom. The van der Waals surface area contributed by atoms with E-state index in [1.165, 1.54) is 0 Å². The Balaban J connectivity index is 2.23. The van der Waals surface area contributed by atoms with E-state index in [9.17, 15) is 4.79 Å². The van der Waals surface area contributed by atoms with E-state index in [4.69, 9.17) is 4.74 Å². The van der Waals surface area contributed by atoms with Crippen LogP contribution in [0.5, 0.6) is 0 Å². The molecule has 2 rings (SSSR count). The molecule has 1 aromatic heterocycles. The highest BCUT2D eigenvalue weighted by Crippen LogP contribution is 2.22. The van der Waals surface area contributed by atoms with Gasteiger partial charge in [-0.2, -0.15) is 0 Å². The SMILES string of the molecule is CCNC(=O)C1COCCN1c1ccc(Br)c(C)n1. The van der Waals surface area contributed by atoms with Crippen molar-refractivity contribution in [2.24, 2.45) is 0 Å². The van der Waals surface area contributed by atoms with Gasteiger partial charge in [-0.25, -0.2) is 4.98 Å². The maximum absolute atomic E-state index is 12.1. The molecular formula is C13H18BrN3O2. The first-order valence-corrected chi connectivity index (χ1v) is 7.18. The number of aryl methyl sites for hydroxylation is 1. The van der Waals surface area contributed by atoms with Crippen LogP contribution in [0.15, 0.2) is 16.6 Å². The number of anilines is 1. The molecule has 1 aromatic rings. The first kappa shape index (κ1) is 14.3. The van der Waals surface area contributed by atoms with Crippen LogP contribution in [0.1, 0.15) is 12.6 Å². The van der Waals surface area contributed by atoms with Gasteiger partial charge in [-0.05, 0) is 41.9 Å². The Kier molecular flexibility index (Phi) is 4.76. The van der Waals surface area contributed by atoms with Crippen LogP contribution < -0.4 is 10.2 Å². The topological polar surface area (TPSA) is 54.5 Å². The Morgan fingerprint density at radius 1 is 1.63 bits per heavy atom. The molecule has 0 radical (unpaired) electrons. The largest absolute Gasteiger partial charge is 0.377 e. The monoisotopic (exact) mass is 327 g/mol. The number of hydrogen-bond donors (Lipinski definition) is 1. The van der Waals surface area contributed by atoms with Crippen molar-refractivity contribution in [3.05, 3.63) is 22.3 Å². The predicted octanol–water partition coefficient (Wildman–Crippen LogP) is 1.49. The van der Waals surface area contributed by atoms with Crippen molar-refractivity contribution in [3.8, 4) is 0 Å². The third-order valence-electron chi connectivity index (χ3n) is 3.08. The zero-order valence-electron chi connectivity index (χ0n) is 11.1. The maximum atomic E-state index is 12.1. The van der Waals surface area contributed by atoms with E-state index >= 15 is 0 Å². The lowest BCUT2D eigenvalue weighted by Crippen LogP contribution is -2.54. The summed E-state index contributed by atoms with van der Waals surface area (Å²) in [5, 5.41) is 2.84. The zero-order valence-corrected chi connectivity index (χ0v) is 12.7. The first-order chi connectivity index (χ1) is 9.13. The minimum atomic E-state index is -0.304. The van der Waals surface area contributed by atoms with Gasteiger partial charge in [0.25, 0.3) is 0 Å². The fraction of sp³-hybridized carbons (Fsp3) is 0.538. The minimum Gasteiger partial charge on any atom is -0.377 e. The third-order valence-corrected chi connectivity index (χ3v) is 3.92. The highest BCUT2D eigenvalue weighted by molar-refractivity contribution is 9.10. The van der Waals surface area contributed by atoms with Gasteiger partial charge < -0.3 is 15.0 Å². The Morgan fingerprint density at radius 2 is 2.42 bits per heavy atom. The van der Waals surface area contributed by atoms with Crippen LogP contribution in [-0.2, 0) is 9.53 Å². The highest BCUT2D eigenvalue weighted by atomic mass is 79.9. The number of aromatic nitrogens is 1. The molecule has 1 saturated heterocycles. The molecule has 5 nitrogen and oxygen atoms in total. The molecule has 1 aliphatic rings. The number of amides is 1. The molecule has 6 heteroatoms. The van der Waals surface area contributed by atoms with Crippen molar-refractivity contribution in [1.29, 1.82) is 0 Å². The van der Waals surface area contributed by atoms with Gasteiger partial charge in [-0.1, -0.05) is 0 Å². The molecule has 0 saturated carbocycles. The molecule has 1 amide bonds. The molecular weight excluding hydrogens is 310 g/mol. The fourth-order valence-corrected chi connectivity index (χ4v) is 2.30. The summed E-state index contributed by atoms with van der Waals surface area (Å²) < 4.78 is 6.39. The summed E-state index contributed by atoms with van der Waals surface area (Å²) in [7, 11) is 0. The molecule has 1 aliphatic heterocycles. The molecule has 0 aromatic carbocycles. The normalized spacial score (nSPS) is 19.3. The zero-order chi connectivity index (χ0) is 13.8. The van der Waals surface area contributed by atoms with E-state index in [1.807, 2.05) is 30.9 Å². The smallest absolute Gasteiger partial charge is 0.245 e. The Hall–Kier alpha value is -1.14. The molecule has 0 aliphatic carbocycles.